The van der Waals surface area contributed by atoms with Crippen molar-refractivity contribution in [1.82, 2.24) is 9.80 Å². The van der Waals surface area contributed by atoms with Crippen LogP contribution in [0.5, 0.6) is 0 Å². The van der Waals surface area contributed by atoms with Crippen molar-refractivity contribution in [2.45, 2.75) is 20.8 Å². The average Bonchev–Trinajstić information content (AvgIpc) is 2.56. The van der Waals surface area contributed by atoms with Gasteiger partial charge >= 0.3 is 0 Å². The number of rotatable bonds is 5. The summed E-state index contributed by atoms with van der Waals surface area (Å²) in [7, 11) is 0. The van der Waals surface area contributed by atoms with Crippen molar-refractivity contribution in [2.75, 3.05) is 38.0 Å². The summed E-state index contributed by atoms with van der Waals surface area (Å²) in [5, 5.41) is 13.7. The first-order valence-corrected chi connectivity index (χ1v) is 8.34. The van der Waals surface area contributed by atoms with Gasteiger partial charge in [0.25, 0.3) is 5.69 Å². The van der Waals surface area contributed by atoms with Crippen LogP contribution in [0.25, 0.3) is 0 Å². The number of anilines is 1. The second kappa shape index (κ2) is 8.06. The van der Waals surface area contributed by atoms with Gasteiger partial charge in [-0.25, -0.2) is 0 Å². The maximum atomic E-state index is 12.2. The Morgan fingerprint density at radius 1 is 1.24 bits per heavy atom. The quantitative estimate of drug-likeness (QED) is 0.645. The van der Waals surface area contributed by atoms with E-state index in [4.69, 9.17) is 0 Å². The van der Waals surface area contributed by atoms with Crippen LogP contribution in [0, 0.1) is 23.0 Å². The van der Waals surface area contributed by atoms with Gasteiger partial charge in [0.15, 0.2) is 0 Å². The largest absolute Gasteiger partial charge is 0.340 e. The first kappa shape index (κ1) is 18.9. The highest BCUT2D eigenvalue weighted by molar-refractivity contribution is 5.93. The molecule has 1 aromatic rings. The molecule has 0 atom stereocenters. The van der Waals surface area contributed by atoms with E-state index in [0.717, 1.165) is 0 Å². The van der Waals surface area contributed by atoms with Gasteiger partial charge in [0.1, 0.15) is 0 Å². The molecule has 0 radical (unpaired) electrons. The highest BCUT2D eigenvalue weighted by Gasteiger charge is 2.24. The first-order valence-electron chi connectivity index (χ1n) is 8.34. The lowest BCUT2D eigenvalue weighted by Crippen LogP contribution is -2.51. The van der Waals surface area contributed by atoms with Gasteiger partial charge in [0, 0.05) is 38.2 Å². The fourth-order valence-corrected chi connectivity index (χ4v) is 2.84. The van der Waals surface area contributed by atoms with Gasteiger partial charge in [0.2, 0.25) is 11.8 Å². The standard InChI is InChI=1S/C17H24N4O4/c1-12(2)17(23)20-9-7-19(8-10-20)11-16(22)18-14-5-4-6-15(13(14)3)21(24)25/h4-6,12H,7-11H2,1-3H3,(H,18,22). The van der Waals surface area contributed by atoms with Crippen LogP contribution >= 0.6 is 0 Å². The second-order valence-corrected chi connectivity index (χ2v) is 6.51. The van der Waals surface area contributed by atoms with E-state index in [0.29, 0.717) is 37.4 Å². The molecule has 8 heteroatoms. The molecular formula is C17H24N4O4. The number of nitro groups is 1. The lowest BCUT2D eigenvalue weighted by Gasteiger charge is -2.35. The number of benzene rings is 1. The van der Waals surface area contributed by atoms with Crippen molar-refractivity contribution in [1.29, 1.82) is 0 Å². The molecule has 136 valence electrons. The van der Waals surface area contributed by atoms with E-state index in [1.165, 1.54) is 6.07 Å². The van der Waals surface area contributed by atoms with E-state index in [1.54, 1.807) is 19.1 Å². The molecule has 0 saturated carbocycles. The third-order valence-electron chi connectivity index (χ3n) is 4.32. The minimum atomic E-state index is -0.462. The third kappa shape index (κ3) is 4.76. The summed E-state index contributed by atoms with van der Waals surface area (Å²) < 4.78 is 0. The van der Waals surface area contributed by atoms with E-state index in [9.17, 15) is 19.7 Å². The highest BCUT2D eigenvalue weighted by Crippen LogP contribution is 2.24. The summed E-state index contributed by atoms with van der Waals surface area (Å²) in [5.74, 6) is -0.102. The molecule has 25 heavy (non-hydrogen) atoms. The van der Waals surface area contributed by atoms with Crippen LogP contribution in [0.2, 0.25) is 0 Å². The number of carbonyl (C=O) groups excluding carboxylic acids is 2. The first-order chi connectivity index (χ1) is 11.8. The van der Waals surface area contributed by atoms with Crippen LogP contribution in [0.3, 0.4) is 0 Å². The molecule has 0 aromatic heterocycles. The predicted molar refractivity (Wildman–Crippen MR) is 94.3 cm³/mol. The minimum absolute atomic E-state index is 0.0152. The number of nitrogens with zero attached hydrogens (tertiary/aromatic N) is 3. The van der Waals surface area contributed by atoms with Crippen LogP contribution in [0.4, 0.5) is 11.4 Å². The van der Waals surface area contributed by atoms with Crippen LogP contribution in [-0.4, -0.2) is 59.3 Å². The van der Waals surface area contributed by atoms with Gasteiger partial charge in [-0.1, -0.05) is 19.9 Å². The van der Waals surface area contributed by atoms with E-state index in [2.05, 4.69) is 5.32 Å². The van der Waals surface area contributed by atoms with Crippen molar-refractivity contribution in [3.8, 4) is 0 Å². The molecule has 2 amide bonds. The molecule has 1 aliphatic heterocycles. The molecule has 1 saturated heterocycles. The summed E-state index contributed by atoms with van der Waals surface area (Å²) in [6, 6.07) is 4.62. The fraction of sp³-hybridized carbons (Fsp3) is 0.529. The molecular weight excluding hydrogens is 324 g/mol. The Balaban J connectivity index is 1.89. The summed E-state index contributed by atoms with van der Waals surface area (Å²) in [5.41, 5.74) is 0.875. The zero-order valence-electron chi connectivity index (χ0n) is 14.8. The van der Waals surface area contributed by atoms with Crippen molar-refractivity contribution in [2.24, 2.45) is 5.92 Å². The number of carbonyl (C=O) groups is 2. The van der Waals surface area contributed by atoms with E-state index in [-0.39, 0.29) is 30.0 Å². The van der Waals surface area contributed by atoms with Crippen LogP contribution in [0.15, 0.2) is 18.2 Å². The molecule has 1 fully saturated rings. The van der Waals surface area contributed by atoms with Crippen LogP contribution in [0.1, 0.15) is 19.4 Å². The minimum Gasteiger partial charge on any atom is -0.340 e. The van der Waals surface area contributed by atoms with Gasteiger partial charge in [-0.3, -0.25) is 24.6 Å². The molecule has 8 nitrogen and oxygen atoms in total. The van der Waals surface area contributed by atoms with Crippen molar-refractivity contribution in [3.63, 3.8) is 0 Å². The molecule has 0 unspecified atom stereocenters. The Bertz CT molecular complexity index is 667. The number of hydrogen-bond acceptors (Lipinski definition) is 5. The number of hydrogen-bond donors (Lipinski definition) is 1. The maximum absolute atomic E-state index is 12.2. The van der Waals surface area contributed by atoms with Crippen molar-refractivity contribution < 1.29 is 14.5 Å². The average molecular weight is 348 g/mol. The Kier molecular flexibility index (Phi) is 6.08. The molecule has 1 heterocycles. The lowest BCUT2D eigenvalue weighted by atomic mass is 10.1. The molecule has 1 aliphatic rings. The number of nitrogens with one attached hydrogen (secondary N) is 1. The third-order valence-corrected chi connectivity index (χ3v) is 4.32. The highest BCUT2D eigenvalue weighted by atomic mass is 16.6. The van der Waals surface area contributed by atoms with Gasteiger partial charge in [-0.2, -0.15) is 0 Å². The van der Waals surface area contributed by atoms with Gasteiger partial charge in [-0.05, 0) is 13.0 Å². The summed E-state index contributed by atoms with van der Waals surface area (Å²) >= 11 is 0. The number of piperazine rings is 1. The normalized spacial score (nSPS) is 15.3. The Morgan fingerprint density at radius 3 is 2.44 bits per heavy atom. The van der Waals surface area contributed by atoms with Crippen molar-refractivity contribution >= 4 is 23.2 Å². The Morgan fingerprint density at radius 2 is 1.88 bits per heavy atom. The monoisotopic (exact) mass is 348 g/mol. The SMILES string of the molecule is Cc1c(NC(=O)CN2CCN(C(=O)C(C)C)CC2)cccc1[N+](=O)[O-]. The van der Waals surface area contributed by atoms with E-state index >= 15 is 0 Å². The predicted octanol–water partition coefficient (Wildman–Crippen LogP) is 1.64. The fourth-order valence-electron chi connectivity index (χ4n) is 2.84. The Hall–Kier alpha value is -2.48. The summed E-state index contributed by atoms with van der Waals surface area (Å²) in [6.07, 6.45) is 0. The second-order valence-electron chi connectivity index (χ2n) is 6.51. The van der Waals surface area contributed by atoms with Gasteiger partial charge in [0.05, 0.1) is 22.7 Å². The van der Waals surface area contributed by atoms with E-state index < -0.39 is 4.92 Å². The van der Waals surface area contributed by atoms with Gasteiger partial charge < -0.3 is 10.2 Å². The zero-order chi connectivity index (χ0) is 18.6. The summed E-state index contributed by atoms with van der Waals surface area (Å²) in [4.78, 5) is 38.5. The van der Waals surface area contributed by atoms with Crippen LogP contribution < -0.4 is 5.32 Å². The molecule has 0 aliphatic carbocycles. The number of amides is 2. The van der Waals surface area contributed by atoms with E-state index in [1.807, 2.05) is 23.6 Å². The molecule has 0 bridgehead atoms. The summed E-state index contributed by atoms with van der Waals surface area (Å²) in [6.45, 7) is 8.07. The smallest absolute Gasteiger partial charge is 0.274 e. The van der Waals surface area contributed by atoms with Crippen LogP contribution in [-0.2, 0) is 9.59 Å². The molecule has 1 aromatic carbocycles. The lowest BCUT2D eigenvalue weighted by molar-refractivity contribution is -0.385. The molecule has 0 spiro atoms. The zero-order valence-corrected chi connectivity index (χ0v) is 14.8. The maximum Gasteiger partial charge on any atom is 0.274 e. The van der Waals surface area contributed by atoms with Crippen molar-refractivity contribution in [3.05, 3.63) is 33.9 Å². The van der Waals surface area contributed by atoms with Gasteiger partial charge in [-0.15, -0.1) is 0 Å². The Labute approximate surface area is 146 Å². The molecule has 1 N–H and O–H groups in total. The number of nitro benzene ring substituents is 1. The topological polar surface area (TPSA) is 95.8 Å². The molecule has 2 rings (SSSR count).